The van der Waals surface area contributed by atoms with Crippen LogP contribution in [0.4, 0.5) is 0 Å². The van der Waals surface area contributed by atoms with Crippen molar-refractivity contribution in [3.8, 4) is 5.75 Å². The molecule has 3 aromatic rings. The van der Waals surface area contributed by atoms with E-state index in [1.165, 1.54) is 11.3 Å². The van der Waals surface area contributed by atoms with Gasteiger partial charge in [0.1, 0.15) is 18.9 Å². The Labute approximate surface area is 131 Å². The van der Waals surface area contributed by atoms with Crippen LogP contribution in [0.1, 0.15) is 23.9 Å². The second-order valence-electron chi connectivity index (χ2n) is 4.78. The molecule has 0 saturated carbocycles. The first-order chi connectivity index (χ1) is 10.2. The molecule has 0 fully saturated rings. The third-order valence-corrected chi connectivity index (χ3v) is 4.44. The molecule has 1 aromatic carbocycles. The van der Waals surface area contributed by atoms with E-state index in [9.17, 15) is 0 Å². The van der Waals surface area contributed by atoms with Gasteiger partial charge in [0, 0.05) is 22.3 Å². The Morgan fingerprint density at radius 3 is 2.95 bits per heavy atom. The summed E-state index contributed by atoms with van der Waals surface area (Å²) < 4.78 is 5.78. The predicted molar refractivity (Wildman–Crippen MR) is 85.7 cm³/mol. The van der Waals surface area contributed by atoms with E-state index in [2.05, 4.69) is 22.6 Å². The number of aryl methyl sites for hydroxylation is 1. The fourth-order valence-electron chi connectivity index (χ4n) is 2.50. The van der Waals surface area contributed by atoms with Crippen LogP contribution in [-0.2, 0) is 19.6 Å². The highest BCUT2D eigenvalue weighted by Crippen LogP contribution is 2.33. The highest BCUT2D eigenvalue weighted by Gasteiger charge is 2.13. The van der Waals surface area contributed by atoms with E-state index in [-0.39, 0.29) is 0 Å². The molecule has 0 amide bonds. The van der Waals surface area contributed by atoms with Gasteiger partial charge in [-0.25, -0.2) is 4.98 Å². The Morgan fingerprint density at radius 1 is 1.43 bits per heavy atom. The Hall–Kier alpha value is -1.56. The van der Waals surface area contributed by atoms with Crippen LogP contribution < -0.4 is 10.5 Å². The Morgan fingerprint density at radius 2 is 2.29 bits per heavy atom. The standard InChI is InChI=1S/C15H16ClN3OS/c1-2-10-11-3-12(16)15(4-13(11)19-14(10)5-17)20-6-9-7-21-8-18-9/h3-4,7-8,19H,2,5-6,17H2,1H3/p+1. The molecule has 0 atom stereocenters. The molecule has 3 rings (SSSR count). The lowest BCUT2D eigenvalue weighted by molar-refractivity contribution is -0.387. The highest BCUT2D eigenvalue weighted by molar-refractivity contribution is 7.07. The number of hydrogen-bond acceptors (Lipinski definition) is 3. The number of hydrogen-bond donors (Lipinski definition) is 2. The first kappa shape index (κ1) is 14.4. The van der Waals surface area contributed by atoms with Crippen molar-refractivity contribution in [2.45, 2.75) is 26.5 Å². The van der Waals surface area contributed by atoms with Crippen LogP contribution >= 0.6 is 22.9 Å². The van der Waals surface area contributed by atoms with Crippen molar-refractivity contribution in [1.82, 2.24) is 9.97 Å². The van der Waals surface area contributed by atoms with Crippen LogP contribution in [0, 0.1) is 0 Å². The number of aromatic nitrogens is 2. The molecule has 2 heterocycles. The van der Waals surface area contributed by atoms with Crippen LogP contribution in [0.15, 0.2) is 23.0 Å². The van der Waals surface area contributed by atoms with E-state index in [0.29, 0.717) is 17.4 Å². The van der Waals surface area contributed by atoms with Crippen molar-refractivity contribution in [3.63, 3.8) is 0 Å². The predicted octanol–water partition coefficient (Wildman–Crippen LogP) is 3.16. The zero-order valence-corrected chi connectivity index (χ0v) is 13.4. The van der Waals surface area contributed by atoms with E-state index in [1.54, 1.807) is 16.8 Å². The van der Waals surface area contributed by atoms with Gasteiger partial charge < -0.3 is 15.5 Å². The normalized spacial score (nSPS) is 11.2. The summed E-state index contributed by atoms with van der Waals surface area (Å²) in [6.07, 6.45) is 0.959. The number of fused-ring (bicyclic) bond motifs is 1. The number of halogens is 1. The minimum Gasteiger partial charge on any atom is -0.486 e. The van der Waals surface area contributed by atoms with Crippen molar-refractivity contribution in [3.05, 3.63) is 45.0 Å². The highest BCUT2D eigenvalue weighted by atomic mass is 35.5. The zero-order chi connectivity index (χ0) is 14.8. The van der Waals surface area contributed by atoms with Crippen LogP contribution in [-0.4, -0.2) is 9.97 Å². The van der Waals surface area contributed by atoms with Gasteiger partial charge in [0.25, 0.3) is 0 Å². The molecule has 4 N–H and O–H groups in total. The lowest BCUT2D eigenvalue weighted by Gasteiger charge is -2.07. The van der Waals surface area contributed by atoms with Gasteiger partial charge in [-0.05, 0) is 18.1 Å². The molecule has 6 heteroatoms. The molecule has 21 heavy (non-hydrogen) atoms. The number of nitrogens with zero attached hydrogens (tertiary/aromatic N) is 1. The summed E-state index contributed by atoms with van der Waals surface area (Å²) >= 11 is 7.91. The number of rotatable bonds is 5. The molecule has 0 aliphatic rings. The molecule has 0 saturated heterocycles. The van der Waals surface area contributed by atoms with E-state index < -0.39 is 0 Å². The largest absolute Gasteiger partial charge is 0.486 e. The molecule has 0 aliphatic carbocycles. The fraction of sp³-hybridized carbons (Fsp3) is 0.267. The second kappa shape index (κ2) is 6.05. The van der Waals surface area contributed by atoms with Crippen molar-refractivity contribution in [2.75, 3.05) is 0 Å². The van der Waals surface area contributed by atoms with Crippen LogP contribution in [0.25, 0.3) is 10.9 Å². The topological polar surface area (TPSA) is 65.5 Å². The average Bonchev–Trinajstić information content (AvgIpc) is 3.11. The van der Waals surface area contributed by atoms with Crippen molar-refractivity contribution in [1.29, 1.82) is 0 Å². The molecular weight excluding hydrogens is 306 g/mol. The van der Waals surface area contributed by atoms with Crippen molar-refractivity contribution >= 4 is 33.8 Å². The molecule has 2 aromatic heterocycles. The van der Waals surface area contributed by atoms with Gasteiger partial charge in [-0.2, -0.15) is 0 Å². The molecule has 4 nitrogen and oxygen atoms in total. The summed E-state index contributed by atoms with van der Waals surface area (Å²) in [6, 6.07) is 3.93. The summed E-state index contributed by atoms with van der Waals surface area (Å²) in [6.45, 7) is 3.31. The SMILES string of the molecule is CCc1c(C[NH3+])[nH]c2cc(OCc3cscn3)c(Cl)cc12. The zero-order valence-electron chi connectivity index (χ0n) is 11.8. The molecule has 110 valence electrons. The lowest BCUT2D eigenvalue weighted by atomic mass is 10.1. The monoisotopic (exact) mass is 322 g/mol. The van der Waals surface area contributed by atoms with E-state index in [0.717, 1.165) is 29.6 Å². The Bertz CT molecular complexity index is 752. The first-order valence-corrected chi connectivity index (χ1v) is 8.17. The van der Waals surface area contributed by atoms with Gasteiger partial charge >= 0.3 is 0 Å². The van der Waals surface area contributed by atoms with Gasteiger partial charge in [-0.1, -0.05) is 18.5 Å². The maximum Gasteiger partial charge on any atom is 0.140 e. The minimum atomic E-state index is 0.429. The lowest BCUT2D eigenvalue weighted by Crippen LogP contribution is -2.48. The van der Waals surface area contributed by atoms with Crippen molar-refractivity contribution < 1.29 is 10.5 Å². The molecule has 0 radical (unpaired) electrons. The smallest absolute Gasteiger partial charge is 0.140 e. The number of H-pyrrole nitrogens is 1. The third-order valence-electron chi connectivity index (χ3n) is 3.51. The first-order valence-electron chi connectivity index (χ1n) is 6.85. The number of ether oxygens (including phenoxy) is 1. The van der Waals surface area contributed by atoms with Crippen LogP contribution in [0.3, 0.4) is 0 Å². The van der Waals surface area contributed by atoms with Gasteiger partial charge in [0.2, 0.25) is 0 Å². The number of quaternary nitrogens is 1. The molecule has 0 bridgehead atoms. The van der Waals surface area contributed by atoms with Gasteiger partial charge in [-0.3, -0.25) is 0 Å². The number of thiazole rings is 1. The van der Waals surface area contributed by atoms with Gasteiger partial charge in [0.15, 0.2) is 0 Å². The average molecular weight is 323 g/mol. The van der Waals surface area contributed by atoms with E-state index in [4.69, 9.17) is 16.3 Å². The van der Waals surface area contributed by atoms with Gasteiger partial charge in [-0.15, -0.1) is 11.3 Å². The van der Waals surface area contributed by atoms with Crippen LogP contribution in [0.2, 0.25) is 5.02 Å². The summed E-state index contributed by atoms with van der Waals surface area (Å²) in [5, 5.41) is 3.75. The van der Waals surface area contributed by atoms with Gasteiger partial charge in [0.05, 0.1) is 21.9 Å². The number of benzene rings is 1. The molecule has 0 spiro atoms. The number of nitrogens with one attached hydrogen (secondary N) is 1. The number of aromatic amines is 1. The Kier molecular flexibility index (Phi) is 4.14. The van der Waals surface area contributed by atoms with E-state index in [1.807, 2.05) is 17.5 Å². The Balaban J connectivity index is 1.95. The molecule has 0 aliphatic heterocycles. The summed E-state index contributed by atoms with van der Waals surface area (Å²) in [5.41, 5.74) is 10.2. The maximum absolute atomic E-state index is 6.35. The summed E-state index contributed by atoms with van der Waals surface area (Å²) in [4.78, 5) is 7.61. The maximum atomic E-state index is 6.35. The van der Waals surface area contributed by atoms with Crippen LogP contribution in [0.5, 0.6) is 5.75 Å². The summed E-state index contributed by atoms with van der Waals surface area (Å²) in [7, 11) is 0. The quantitative estimate of drug-likeness (QED) is 0.757. The molecular formula is C15H17ClN3OS+. The van der Waals surface area contributed by atoms with E-state index >= 15 is 0 Å². The fourth-order valence-corrected chi connectivity index (χ4v) is 3.26. The minimum absolute atomic E-state index is 0.429. The third kappa shape index (κ3) is 2.77. The second-order valence-corrected chi connectivity index (χ2v) is 5.91. The summed E-state index contributed by atoms with van der Waals surface area (Å²) in [5.74, 6) is 0.677. The van der Waals surface area contributed by atoms with Crippen molar-refractivity contribution in [2.24, 2.45) is 0 Å². The molecule has 0 unspecified atom stereocenters.